The van der Waals surface area contributed by atoms with Crippen molar-refractivity contribution in [2.24, 2.45) is 5.92 Å². The number of carbonyl (C=O) groups is 2. The average molecular weight is 341 g/mol. The Labute approximate surface area is 141 Å². The second kappa shape index (κ2) is 10.0. The van der Waals surface area contributed by atoms with E-state index in [9.17, 15) is 18.4 Å². The van der Waals surface area contributed by atoms with Crippen molar-refractivity contribution in [2.75, 3.05) is 6.61 Å². The third-order valence-electron chi connectivity index (χ3n) is 3.63. The first kappa shape index (κ1) is 20.1. The topological polar surface area (TPSA) is 55.4 Å². The summed E-state index contributed by atoms with van der Waals surface area (Å²) in [6, 6.07) is 2.01. The predicted molar refractivity (Wildman–Crippen MR) is 87.6 cm³/mol. The lowest BCUT2D eigenvalue weighted by Gasteiger charge is -2.21. The molecule has 0 saturated heterocycles. The number of benzene rings is 1. The van der Waals surface area contributed by atoms with Crippen molar-refractivity contribution in [3.63, 3.8) is 0 Å². The summed E-state index contributed by atoms with van der Waals surface area (Å²) in [5.74, 6) is -3.49. The summed E-state index contributed by atoms with van der Waals surface area (Å²) in [5, 5.41) is 2.53. The summed E-state index contributed by atoms with van der Waals surface area (Å²) in [4.78, 5) is 24.3. The molecule has 1 amide bonds. The van der Waals surface area contributed by atoms with Crippen molar-refractivity contribution in [2.45, 2.75) is 52.5 Å². The molecule has 1 atom stereocenters. The highest BCUT2D eigenvalue weighted by Gasteiger charge is 2.26. The number of carbonyl (C=O) groups excluding carboxylic acids is 2. The Morgan fingerprint density at radius 1 is 1.12 bits per heavy atom. The average Bonchev–Trinajstić information content (AvgIpc) is 2.54. The van der Waals surface area contributed by atoms with Crippen LogP contribution in [0.2, 0.25) is 0 Å². The molecule has 0 aliphatic carbocycles. The van der Waals surface area contributed by atoms with Crippen LogP contribution in [0.15, 0.2) is 18.2 Å². The summed E-state index contributed by atoms with van der Waals surface area (Å²) in [7, 11) is 0. The summed E-state index contributed by atoms with van der Waals surface area (Å²) >= 11 is 0. The molecule has 0 aromatic heterocycles. The first-order chi connectivity index (χ1) is 11.4. The Balaban J connectivity index is 2.62. The lowest BCUT2D eigenvalue weighted by Crippen LogP contribution is -2.45. The molecule has 0 aliphatic heterocycles. The van der Waals surface area contributed by atoms with Crippen LogP contribution in [0.1, 0.15) is 56.8 Å². The van der Waals surface area contributed by atoms with Gasteiger partial charge in [-0.1, -0.05) is 40.0 Å². The number of esters is 1. The molecule has 4 nitrogen and oxygen atoms in total. The monoisotopic (exact) mass is 341 g/mol. The van der Waals surface area contributed by atoms with Gasteiger partial charge in [-0.2, -0.15) is 0 Å². The standard InChI is InChI=1S/C18H25F2NO3/c1-4-5-6-7-10-24-18(23)16(12(2)3)21-17(22)13-8-9-14(19)15(20)11-13/h8-9,11-12,16H,4-7,10H2,1-3H3,(H,21,22). The molecule has 0 bridgehead atoms. The SMILES string of the molecule is CCCCCCOC(=O)C(NC(=O)c1ccc(F)c(F)c1)C(C)C. The van der Waals surface area contributed by atoms with Gasteiger partial charge in [-0.3, -0.25) is 4.79 Å². The van der Waals surface area contributed by atoms with E-state index in [1.165, 1.54) is 6.07 Å². The fourth-order valence-corrected chi connectivity index (χ4v) is 2.15. The van der Waals surface area contributed by atoms with E-state index in [2.05, 4.69) is 12.2 Å². The quantitative estimate of drug-likeness (QED) is 0.548. The largest absolute Gasteiger partial charge is 0.464 e. The molecule has 1 aromatic carbocycles. The molecule has 0 spiro atoms. The van der Waals surface area contributed by atoms with Gasteiger partial charge in [0.15, 0.2) is 11.6 Å². The summed E-state index contributed by atoms with van der Waals surface area (Å²) in [5.41, 5.74) is -0.0460. The van der Waals surface area contributed by atoms with Gasteiger partial charge in [-0.05, 0) is 30.5 Å². The van der Waals surface area contributed by atoms with E-state index in [1.807, 2.05) is 0 Å². The lowest BCUT2D eigenvalue weighted by atomic mass is 10.0. The van der Waals surface area contributed by atoms with Crippen LogP contribution >= 0.6 is 0 Å². The van der Waals surface area contributed by atoms with Gasteiger partial charge < -0.3 is 10.1 Å². The van der Waals surface area contributed by atoms with Crippen LogP contribution in [0.5, 0.6) is 0 Å². The Kier molecular flexibility index (Phi) is 8.36. The van der Waals surface area contributed by atoms with E-state index >= 15 is 0 Å². The van der Waals surface area contributed by atoms with Crippen molar-refractivity contribution in [3.8, 4) is 0 Å². The third kappa shape index (κ3) is 6.26. The Morgan fingerprint density at radius 3 is 2.42 bits per heavy atom. The second-order valence-electron chi connectivity index (χ2n) is 6.05. The Bertz CT molecular complexity index is 561. The maximum atomic E-state index is 13.2. The van der Waals surface area contributed by atoms with Crippen LogP contribution in [0.25, 0.3) is 0 Å². The molecule has 6 heteroatoms. The molecule has 0 heterocycles. The van der Waals surface area contributed by atoms with Gasteiger partial charge in [0.2, 0.25) is 0 Å². The first-order valence-electron chi connectivity index (χ1n) is 8.29. The molecule has 1 unspecified atom stereocenters. The van der Waals surface area contributed by atoms with Crippen molar-refractivity contribution < 1.29 is 23.1 Å². The Morgan fingerprint density at radius 2 is 1.83 bits per heavy atom. The molecule has 0 radical (unpaired) electrons. The Hall–Kier alpha value is -1.98. The molecular weight excluding hydrogens is 316 g/mol. The lowest BCUT2D eigenvalue weighted by molar-refractivity contribution is -0.147. The van der Waals surface area contributed by atoms with E-state index in [-0.39, 0.29) is 11.5 Å². The van der Waals surface area contributed by atoms with Gasteiger partial charge in [0.25, 0.3) is 5.91 Å². The van der Waals surface area contributed by atoms with Crippen LogP contribution in [0.4, 0.5) is 8.78 Å². The minimum atomic E-state index is -1.11. The molecule has 1 aromatic rings. The van der Waals surface area contributed by atoms with Gasteiger partial charge in [-0.25, -0.2) is 13.6 Å². The fourth-order valence-electron chi connectivity index (χ4n) is 2.15. The van der Waals surface area contributed by atoms with Crippen molar-refractivity contribution in [3.05, 3.63) is 35.4 Å². The number of unbranched alkanes of at least 4 members (excludes halogenated alkanes) is 3. The molecule has 0 fully saturated rings. The highest BCUT2D eigenvalue weighted by Crippen LogP contribution is 2.11. The van der Waals surface area contributed by atoms with Crippen LogP contribution in [-0.4, -0.2) is 24.5 Å². The zero-order valence-corrected chi connectivity index (χ0v) is 14.4. The van der Waals surface area contributed by atoms with Crippen LogP contribution < -0.4 is 5.32 Å². The number of rotatable bonds is 9. The maximum Gasteiger partial charge on any atom is 0.328 e. The minimum Gasteiger partial charge on any atom is -0.464 e. The first-order valence-corrected chi connectivity index (χ1v) is 8.29. The zero-order chi connectivity index (χ0) is 18.1. The predicted octanol–water partition coefficient (Wildman–Crippen LogP) is 3.84. The van der Waals surface area contributed by atoms with Gasteiger partial charge >= 0.3 is 5.97 Å². The fraction of sp³-hybridized carbons (Fsp3) is 0.556. The molecule has 0 saturated carbocycles. The zero-order valence-electron chi connectivity index (χ0n) is 14.4. The van der Waals surface area contributed by atoms with Gasteiger partial charge in [0.1, 0.15) is 6.04 Å². The highest BCUT2D eigenvalue weighted by molar-refractivity contribution is 5.96. The second-order valence-corrected chi connectivity index (χ2v) is 6.05. The van der Waals surface area contributed by atoms with E-state index in [0.29, 0.717) is 6.61 Å². The number of amides is 1. The van der Waals surface area contributed by atoms with Crippen LogP contribution in [0, 0.1) is 17.6 Å². The summed E-state index contributed by atoms with van der Waals surface area (Å²) in [6.07, 6.45) is 3.93. The normalized spacial score (nSPS) is 12.1. The van der Waals surface area contributed by atoms with Gasteiger partial charge in [-0.15, -0.1) is 0 Å². The van der Waals surface area contributed by atoms with E-state index in [0.717, 1.165) is 37.8 Å². The molecule has 1 rings (SSSR count). The minimum absolute atomic E-state index is 0.0460. The van der Waals surface area contributed by atoms with Crippen LogP contribution in [-0.2, 0) is 9.53 Å². The van der Waals surface area contributed by atoms with Crippen molar-refractivity contribution in [1.29, 1.82) is 0 Å². The summed E-state index contributed by atoms with van der Waals surface area (Å²) in [6.45, 7) is 5.95. The van der Waals surface area contributed by atoms with E-state index in [1.54, 1.807) is 13.8 Å². The van der Waals surface area contributed by atoms with Gasteiger partial charge in [0.05, 0.1) is 6.61 Å². The number of nitrogens with one attached hydrogen (secondary N) is 1. The molecule has 134 valence electrons. The number of hydrogen-bond donors (Lipinski definition) is 1. The maximum absolute atomic E-state index is 13.2. The van der Waals surface area contributed by atoms with Crippen molar-refractivity contribution >= 4 is 11.9 Å². The van der Waals surface area contributed by atoms with E-state index < -0.39 is 29.6 Å². The molecular formula is C18H25F2NO3. The van der Waals surface area contributed by atoms with E-state index in [4.69, 9.17) is 4.74 Å². The van der Waals surface area contributed by atoms with Crippen LogP contribution in [0.3, 0.4) is 0 Å². The number of hydrogen-bond acceptors (Lipinski definition) is 3. The highest BCUT2D eigenvalue weighted by atomic mass is 19.2. The summed E-state index contributed by atoms with van der Waals surface area (Å²) < 4.78 is 31.3. The smallest absolute Gasteiger partial charge is 0.328 e. The molecule has 0 aliphatic rings. The number of halogens is 2. The number of ether oxygens (including phenoxy) is 1. The third-order valence-corrected chi connectivity index (χ3v) is 3.63. The molecule has 24 heavy (non-hydrogen) atoms. The van der Waals surface area contributed by atoms with Gasteiger partial charge in [0, 0.05) is 5.56 Å². The molecule has 1 N–H and O–H groups in total. The van der Waals surface area contributed by atoms with Crippen molar-refractivity contribution in [1.82, 2.24) is 5.32 Å².